The minimum absolute atomic E-state index is 0.221. The van der Waals surface area contributed by atoms with E-state index in [0.29, 0.717) is 6.54 Å². The molecule has 0 fully saturated rings. The van der Waals surface area contributed by atoms with Crippen molar-refractivity contribution in [1.82, 2.24) is 9.78 Å². The summed E-state index contributed by atoms with van der Waals surface area (Å²) in [5, 5.41) is 9.21. The van der Waals surface area contributed by atoms with Gasteiger partial charge in [0.25, 0.3) is 0 Å². The zero-order valence-corrected chi connectivity index (χ0v) is 13.7. The van der Waals surface area contributed by atoms with E-state index < -0.39 is 0 Å². The Bertz CT molecular complexity index is 975. The summed E-state index contributed by atoms with van der Waals surface area (Å²) in [7, 11) is 0. The van der Waals surface area contributed by atoms with Gasteiger partial charge in [-0.15, -0.1) is 0 Å². The summed E-state index contributed by atoms with van der Waals surface area (Å²) < 4.78 is 15.0. The van der Waals surface area contributed by atoms with E-state index in [9.17, 15) is 4.39 Å². The van der Waals surface area contributed by atoms with Gasteiger partial charge in [0.15, 0.2) is 5.82 Å². The summed E-state index contributed by atoms with van der Waals surface area (Å²) in [6, 6.07) is 25.0. The number of hydrogen-bond acceptors (Lipinski definition) is 2. The fraction of sp³-hybridized carbons (Fsp3) is 0.0952. The molecule has 4 aromatic rings. The predicted octanol–water partition coefficient (Wildman–Crippen LogP) is 4.84. The molecule has 25 heavy (non-hydrogen) atoms. The first-order valence-electron chi connectivity index (χ1n) is 8.27. The van der Waals surface area contributed by atoms with Crippen LogP contribution in [0.1, 0.15) is 11.1 Å². The maximum absolute atomic E-state index is 13.0. The second-order valence-corrected chi connectivity index (χ2v) is 5.99. The highest BCUT2D eigenvalue weighted by molar-refractivity contribution is 5.90. The number of anilines is 1. The molecule has 0 unspecified atom stereocenters. The number of halogens is 1. The number of aromatic nitrogens is 2. The minimum Gasteiger partial charge on any atom is -0.364 e. The number of rotatable bonds is 5. The Labute approximate surface area is 145 Å². The molecule has 4 rings (SSSR count). The highest BCUT2D eigenvalue weighted by atomic mass is 19.1. The molecule has 0 saturated heterocycles. The minimum atomic E-state index is -0.221. The lowest BCUT2D eigenvalue weighted by molar-refractivity contribution is 0.627. The standard InChI is InChI=1S/C21H18FN3/c22-18-12-10-16(11-13-18)14-23-21-19-8-4-5-9-20(19)25(24-21)15-17-6-2-1-3-7-17/h1-13H,14-15H2,(H,23,24). The van der Waals surface area contributed by atoms with Crippen LogP contribution in [0.4, 0.5) is 10.2 Å². The van der Waals surface area contributed by atoms with Crippen LogP contribution in [0.15, 0.2) is 78.9 Å². The molecular weight excluding hydrogens is 313 g/mol. The van der Waals surface area contributed by atoms with Crippen molar-refractivity contribution in [2.45, 2.75) is 13.1 Å². The van der Waals surface area contributed by atoms with Gasteiger partial charge in [0, 0.05) is 11.9 Å². The normalized spacial score (nSPS) is 10.9. The zero-order valence-electron chi connectivity index (χ0n) is 13.7. The molecule has 1 heterocycles. The van der Waals surface area contributed by atoms with E-state index in [4.69, 9.17) is 5.10 Å². The number of hydrogen-bond donors (Lipinski definition) is 1. The first kappa shape index (κ1) is 15.4. The molecule has 3 nitrogen and oxygen atoms in total. The van der Waals surface area contributed by atoms with Crippen molar-refractivity contribution in [2.24, 2.45) is 0 Å². The van der Waals surface area contributed by atoms with Gasteiger partial charge in [0.05, 0.1) is 12.1 Å². The molecule has 0 aliphatic carbocycles. The molecule has 124 valence electrons. The average molecular weight is 331 g/mol. The lowest BCUT2D eigenvalue weighted by atomic mass is 10.2. The highest BCUT2D eigenvalue weighted by Crippen LogP contribution is 2.24. The Morgan fingerprint density at radius 1 is 0.800 bits per heavy atom. The first-order chi connectivity index (χ1) is 12.3. The van der Waals surface area contributed by atoms with Crippen LogP contribution in [0.5, 0.6) is 0 Å². The van der Waals surface area contributed by atoms with Crippen LogP contribution in [0.2, 0.25) is 0 Å². The van der Waals surface area contributed by atoms with Crippen LogP contribution in [0.3, 0.4) is 0 Å². The molecule has 3 aromatic carbocycles. The van der Waals surface area contributed by atoms with E-state index in [2.05, 4.69) is 29.6 Å². The van der Waals surface area contributed by atoms with E-state index >= 15 is 0 Å². The molecule has 0 aliphatic rings. The second-order valence-electron chi connectivity index (χ2n) is 5.99. The molecule has 0 atom stereocenters. The van der Waals surface area contributed by atoms with Gasteiger partial charge in [-0.1, -0.05) is 54.6 Å². The monoisotopic (exact) mass is 331 g/mol. The van der Waals surface area contributed by atoms with Crippen molar-refractivity contribution in [3.63, 3.8) is 0 Å². The fourth-order valence-electron chi connectivity index (χ4n) is 2.92. The van der Waals surface area contributed by atoms with Crippen LogP contribution in [0.25, 0.3) is 10.9 Å². The molecule has 0 saturated carbocycles. The van der Waals surface area contributed by atoms with Crippen molar-refractivity contribution in [1.29, 1.82) is 0 Å². The molecule has 0 bridgehead atoms. The Kier molecular flexibility index (Phi) is 4.17. The molecule has 1 N–H and O–H groups in total. The maximum atomic E-state index is 13.0. The Morgan fingerprint density at radius 3 is 2.32 bits per heavy atom. The van der Waals surface area contributed by atoms with Crippen LogP contribution in [0, 0.1) is 5.82 Å². The Morgan fingerprint density at radius 2 is 1.52 bits per heavy atom. The zero-order chi connectivity index (χ0) is 17.1. The summed E-state index contributed by atoms with van der Waals surface area (Å²) in [5.41, 5.74) is 3.32. The molecule has 0 spiro atoms. The van der Waals surface area contributed by atoms with Gasteiger partial charge < -0.3 is 5.32 Å². The van der Waals surface area contributed by atoms with Crippen molar-refractivity contribution < 1.29 is 4.39 Å². The summed E-state index contributed by atoms with van der Waals surface area (Å²) >= 11 is 0. The van der Waals surface area contributed by atoms with Crippen molar-refractivity contribution in [3.8, 4) is 0 Å². The molecule has 4 heteroatoms. The van der Waals surface area contributed by atoms with E-state index in [1.807, 2.05) is 35.0 Å². The number of benzene rings is 3. The Hall–Kier alpha value is -3.14. The summed E-state index contributed by atoms with van der Waals surface area (Å²) in [4.78, 5) is 0. The quantitative estimate of drug-likeness (QED) is 0.567. The van der Waals surface area contributed by atoms with Crippen LogP contribution in [-0.4, -0.2) is 9.78 Å². The third-order valence-electron chi connectivity index (χ3n) is 4.21. The van der Waals surface area contributed by atoms with Gasteiger partial charge in [0.2, 0.25) is 0 Å². The van der Waals surface area contributed by atoms with Crippen LogP contribution < -0.4 is 5.32 Å². The van der Waals surface area contributed by atoms with E-state index in [1.165, 1.54) is 17.7 Å². The number of fused-ring (bicyclic) bond motifs is 1. The van der Waals surface area contributed by atoms with Gasteiger partial charge in [-0.05, 0) is 35.4 Å². The maximum Gasteiger partial charge on any atom is 0.156 e. The number of para-hydroxylation sites is 1. The second kappa shape index (κ2) is 6.77. The van der Waals surface area contributed by atoms with Gasteiger partial charge >= 0.3 is 0 Å². The summed E-state index contributed by atoms with van der Waals surface area (Å²) in [5.74, 6) is 0.622. The van der Waals surface area contributed by atoms with Gasteiger partial charge in [-0.25, -0.2) is 4.39 Å². The van der Waals surface area contributed by atoms with E-state index in [1.54, 1.807) is 12.1 Å². The molecular formula is C21H18FN3. The van der Waals surface area contributed by atoms with Gasteiger partial charge in [-0.3, -0.25) is 4.68 Å². The third kappa shape index (κ3) is 3.38. The first-order valence-corrected chi connectivity index (χ1v) is 8.27. The lowest BCUT2D eigenvalue weighted by Crippen LogP contribution is -2.04. The predicted molar refractivity (Wildman–Crippen MR) is 99.0 cm³/mol. The average Bonchev–Trinajstić information content (AvgIpc) is 3.00. The van der Waals surface area contributed by atoms with Crippen molar-refractivity contribution >= 4 is 16.7 Å². The van der Waals surface area contributed by atoms with Crippen molar-refractivity contribution in [3.05, 3.63) is 95.8 Å². The van der Waals surface area contributed by atoms with Crippen LogP contribution >= 0.6 is 0 Å². The Balaban J connectivity index is 1.61. The van der Waals surface area contributed by atoms with Crippen LogP contribution in [-0.2, 0) is 13.1 Å². The SMILES string of the molecule is Fc1ccc(CNc2nn(Cc3ccccc3)c3ccccc23)cc1. The summed E-state index contributed by atoms with van der Waals surface area (Å²) in [6.07, 6.45) is 0. The van der Waals surface area contributed by atoms with E-state index in [0.717, 1.165) is 28.8 Å². The summed E-state index contributed by atoms with van der Waals surface area (Å²) in [6.45, 7) is 1.33. The molecule has 0 amide bonds. The third-order valence-corrected chi connectivity index (χ3v) is 4.21. The van der Waals surface area contributed by atoms with Gasteiger partial charge in [-0.2, -0.15) is 5.10 Å². The highest BCUT2D eigenvalue weighted by Gasteiger charge is 2.10. The largest absolute Gasteiger partial charge is 0.364 e. The number of nitrogens with zero attached hydrogens (tertiary/aromatic N) is 2. The smallest absolute Gasteiger partial charge is 0.156 e. The molecule has 0 radical (unpaired) electrons. The molecule has 0 aliphatic heterocycles. The lowest BCUT2D eigenvalue weighted by Gasteiger charge is -2.04. The fourth-order valence-corrected chi connectivity index (χ4v) is 2.92. The van der Waals surface area contributed by atoms with Gasteiger partial charge in [0.1, 0.15) is 5.82 Å². The molecule has 1 aromatic heterocycles. The number of nitrogens with one attached hydrogen (secondary N) is 1. The van der Waals surface area contributed by atoms with E-state index in [-0.39, 0.29) is 5.82 Å². The topological polar surface area (TPSA) is 29.9 Å². The van der Waals surface area contributed by atoms with Crippen molar-refractivity contribution in [2.75, 3.05) is 5.32 Å².